The lowest BCUT2D eigenvalue weighted by Crippen LogP contribution is -2.14. The molecule has 0 amide bonds. The predicted octanol–water partition coefficient (Wildman–Crippen LogP) is 1.82. The number of thiol groups is 1. The van der Waals surface area contributed by atoms with Gasteiger partial charge in [0, 0.05) is 0 Å². The van der Waals surface area contributed by atoms with Crippen molar-refractivity contribution in [1.29, 1.82) is 0 Å². The highest BCUT2D eigenvalue weighted by Gasteiger charge is 2.34. The lowest BCUT2D eigenvalue weighted by Gasteiger charge is -2.15. The van der Waals surface area contributed by atoms with Gasteiger partial charge in [-0.2, -0.15) is 13.2 Å². The van der Waals surface area contributed by atoms with Crippen LogP contribution in [0.2, 0.25) is 0 Å². The number of carboxylic acid groups (broad SMARTS) is 1. The molecule has 0 unspecified atom stereocenters. The molecule has 0 atom stereocenters. The van der Waals surface area contributed by atoms with Crippen LogP contribution in [0.5, 0.6) is 0 Å². The number of aromatic carboxylic acids is 1. The third-order valence-corrected chi connectivity index (χ3v) is 3.00. The van der Waals surface area contributed by atoms with Gasteiger partial charge < -0.3 is 5.11 Å². The Labute approximate surface area is 102 Å². The number of hydrogen-bond donors (Lipinski definition) is 2. The summed E-state index contributed by atoms with van der Waals surface area (Å²) in [6.45, 7) is 1.16. The lowest BCUT2D eigenvalue weighted by molar-refractivity contribution is -0.138. The molecule has 100 valence electrons. The second kappa shape index (κ2) is 4.97. The van der Waals surface area contributed by atoms with E-state index in [1.165, 1.54) is 0 Å². The van der Waals surface area contributed by atoms with Crippen molar-refractivity contribution in [1.82, 2.24) is 0 Å². The second-order valence-electron chi connectivity index (χ2n) is 3.56. The highest BCUT2D eigenvalue weighted by molar-refractivity contribution is 7.71. The highest BCUT2D eigenvalue weighted by atomic mass is 32.2. The summed E-state index contributed by atoms with van der Waals surface area (Å²) in [5.74, 6) is -2.24. The largest absolute Gasteiger partial charge is 0.478 e. The number of rotatable bonds is 3. The van der Waals surface area contributed by atoms with Crippen LogP contribution in [0.4, 0.5) is 13.2 Å². The van der Waals surface area contributed by atoms with Gasteiger partial charge in [0.25, 0.3) is 0 Å². The maximum absolute atomic E-state index is 12.7. The van der Waals surface area contributed by atoms with Crippen LogP contribution >= 0.6 is 0 Å². The van der Waals surface area contributed by atoms with Crippen molar-refractivity contribution in [3.05, 3.63) is 34.4 Å². The van der Waals surface area contributed by atoms with Gasteiger partial charge in [-0.15, -0.1) is 0 Å². The molecule has 0 aliphatic rings. The quantitative estimate of drug-likeness (QED) is 0.830. The van der Waals surface area contributed by atoms with Gasteiger partial charge in [-0.3, -0.25) is 0 Å². The molecule has 18 heavy (non-hydrogen) atoms. The smallest absolute Gasteiger partial charge is 0.416 e. The zero-order valence-electron chi connectivity index (χ0n) is 9.11. The molecule has 0 saturated heterocycles. The van der Waals surface area contributed by atoms with Gasteiger partial charge in [-0.05, 0) is 30.2 Å². The van der Waals surface area contributed by atoms with E-state index in [9.17, 15) is 26.4 Å². The first kappa shape index (κ1) is 14.5. The Kier molecular flexibility index (Phi) is 4.00. The molecule has 0 bridgehead atoms. The molecule has 0 saturated carbocycles. The number of hydrogen-bond acceptors (Lipinski definition) is 3. The van der Waals surface area contributed by atoms with E-state index < -0.39 is 39.7 Å². The first-order chi connectivity index (χ1) is 8.14. The van der Waals surface area contributed by atoms with Crippen LogP contribution in [0.15, 0.2) is 12.1 Å². The molecule has 1 aromatic rings. The van der Waals surface area contributed by atoms with Crippen molar-refractivity contribution in [2.75, 3.05) is 0 Å². The first-order valence-corrected chi connectivity index (χ1v) is 6.05. The summed E-state index contributed by atoms with van der Waals surface area (Å²) < 4.78 is 59.2. The van der Waals surface area contributed by atoms with Crippen molar-refractivity contribution < 1.29 is 31.5 Å². The van der Waals surface area contributed by atoms with Crippen LogP contribution in [0, 0.1) is 6.92 Å². The SMILES string of the molecule is Cc1c(C(=O)O)ccc(C(F)(F)F)c1C[SH](=O)=O. The van der Waals surface area contributed by atoms with E-state index in [4.69, 9.17) is 5.11 Å². The zero-order chi connectivity index (χ0) is 14.1. The molecule has 0 aromatic heterocycles. The third-order valence-electron chi connectivity index (χ3n) is 2.42. The van der Waals surface area contributed by atoms with E-state index in [1.807, 2.05) is 0 Å². The van der Waals surface area contributed by atoms with Crippen molar-refractivity contribution in [3.8, 4) is 0 Å². The van der Waals surface area contributed by atoms with E-state index in [0.29, 0.717) is 6.07 Å². The fraction of sp³-hybridized carbons (Fsp3) is 0.300. The summed E-state index contributed by atoms with van der Waals surface area (Å²) >= 11 is 0. The molecule has 8 heteroatoms. The number of benzene rings is 1. The normalized spacial score (nSPS) is 11.8. The van der Waals surface area contributed by atoms with Gasteiger partial charge in [0.15, 0.2) is 0 Å². The fourth-order valence-corrected chi connectivity index (χ4v) is 2.25. The minimum atomic E-state index is -4.72. The second-order valence-corrected chi connectivity index (χ2v) is 4.54. The van der Waals surface area contributed by atoms with Gasteiger partial charge in [0.1, 0.15) is 10.7 Å². The monoisotopic (exact) mass is 282 g/mol. The molecule has 0 radical (unpaired) electrons. The number of halogens is 3. The molecular formula is C10H9F3O4S. The van der Waals surface area contributed by atoms with E-state index in [0.717, 1.165) is 13.0 Å². The Morgan fingerprint density at radius 1 is 1.33 bits per heavy atom. The summed E-state index contributed by atoms with van der Waals surface area (Å²) in [4.78, 5) is 10.8. The fourth-order valence-electron chi connectivity index (χ4n) is 1.59. The maximum atomic E-state index is 12.7. The van der Waals surface area contributed by atoms with E-state index in [2.05, 4.69) is 0 Å². The Morgan fingerprint density at radius 3 is 2.28 bits per heavy atom. The summed E-state index contributed by atoms with van der Waals surface area (Å²) in [6.07, 6.45) is -4.72. The molecule has 0 fully saturated rings. The van der Waals surface area contributed by atoms with Crippen LogP contribution in [-0.2, 0) is 22.6 Å². The molecule has 1 N–H and O–H groups in total. The average molecular weight is 282 g/mol. The van der Waals surface area contributed by atoms with E-state index >= 15 is 0 Å². The Bertz CT molecular complexity index is 553. The van der Waals surface area contributed by atoms with Crippen molar-refractivity contribution in [3.63, 3.8) is 0 Å². The van der Waals surface area contributed by atoms with Crippen molar-refractivity contribution in [2.24, 2.45) is 0 Å². The van der Waals surface area contributed by atoms with Crippen LogP contribution in [-0.4, -0.2) is 19.5 Å². The van der Waals surface area contributed by atoms with Gasteiger partial charge in [0.05, 0.1) is 16.9 Å². The number of carboxylic acids is 1. The molecule has 1 rings (SSSR count). The minimum Gasteiger partial charge on any atom is -0.478 e. The summed E-state index contributed by atoms with van der Waals surface area (Å²) in [6, 6.07) is 1.41. The van der Waals surface area contributed by atoms with Gasteiger partial charge in [0.2, 0.25) is 0 Å². The number of alkyl halides is 3. The highest BCUT2D eigenvalue weighted by Crippen LogP contribution is 2.34. The van der Waals surface area contributed by atoms with Crippen molar-refractivity contribution in [2.45, 2.75) is 18.9 Å². The third kappa shape index (κ3) is 3.00. The zero-order valence-corrected chi connectivity index (χ0v) is 10.0. The average Bonchev–Trinajstić information content (AvgIpc) is 2.17. The van der Waals surface area contributed by atoms with E-state index in [1.54, 1.807) is 0 Å². The predicted molar refractivity (Wildman–Crippen MR) is 57.2 cm³/mol. The molecule has 0 aliphatic heterocycles. The molecular weight excluding hydrogens is 273 g/mol. The van der Waals surface area contributed by atoms with Gasteiger partial charge >= 0.3 is 12.1 Å². The molecule has 0 spiro atoms. The van der Waals surface area contributed by atoms with Crippen LogP contribution in [0.1, 0.15) is 27.0 Å². The molecule has 4 nitrogen and oxygen atoms in total. The molecule has 0 aliphatic carbocycles. The van der Waals surface area contributed by atoms with E-state index in [-0.39, 0.29) is 11.1 Å². The molecule has 0 heterocycles. The topological polar surface area (TPSA) is 71.4 Å². The first-order valence-electron chi connectivity index (χ1n) is 4.69. The Balaban J connectivity index is 3.56. The van der Waals surface area contributed by atoms with Crippen molar-refractivity contribution >= 4 is 16.7 Å². The summed E-state index contributed by atoms with van der Waals surface area (Å²) in [7, 11) is -3.08. The maximum Gasteiger partial charge on any atom is 0.416 e. The van der Waals surface area contributed by atoms with Crippen LogP contribution in [0.3, 0.4) is 0 Å². The minimum absolute atomic E-state index is 0.184. The van der Waals surface area contributed by atoms with Crippen LogP contribution < -0.4 is 0 Å². The standard InChI is InChI=1S/C10H9F3O4S/c1-5-6(9(14)15)2-3-8(10(11,12)13)7(5)4-18(16)17/h2-3,18H,4H2,1H3,(H,14,15). The lowest BCUT2D eigenvalue weighted by atomic mass is 9.97. The summed E-state index contributed by atoms with van der Waals surface area (Å²) in [5.41, 5.74) is -2.16. The Morgan fingerprint density at radius 2 is 1.89 bits per heavy atom. The van der Waals surface area contributed by atoms with Crippen LogP contribution in [0.25, 0.3) is 0 Å². The van der Waals surface area contributed by atoms with Gasteiger partial charge in [-0.1, -0.05) is 0 Å². The Hall–Kier alpha value is -1.57. The molecule has 1 aromatic carbocycles. The summed E-state index contributed by atoms with van der Waals surface area (Å²) in [5, 5.41) is 8.79. The number of carbonyl (C=O) groups is 1. The van der Waals surface area contributed by atoms with Gasteiger partial charge in [-0.25, -0.2) is 13.2 Å².